The van der Waals surface area contributed by atoms with Gasteiger partial charge in [0, 0.05) is 41.7 Å². The zero-order valence-electron chi connectivity index (χ0n) is 17.3. The predicted molar refractivity (Wildman–Crippen MR) is 119 cm³/mol. The lowest BCUT2D eigenvalue weighted by atomic mass is 10.0. The number of ether oxygens (including phenoxy) is 1. The van der Waals surface area contributed by atoms with Crippen molar-refractivity contribution < 1.29 is 22.0 Å². The summed E-state index contributed by atoms with van der Waals surface area (Å²) in [6.45, 7) is 3.29. The Labute approximate surface area is 189 Å². The molecule has 2 atom stereocenters. The highest BCUT2D eigenvalue weighted by Gasteiger charge is 2.30. The standard InChI is InChI=1S/C22H22ClFN2O5S/c1-14-13-26(9-10-30-14)19(22-17(23)3-2-4-18(22)24)12-25-32(28,29)16-6-7-20-15(11-16)5-8-21(27)31-20/h2-8,11,14,19,25H,9-10,12-13H2,1H3. The minimum Gasteiger partial charge on any atom is -0.423 e. The van der Waals surface area contributed by atoms with E-state index in [0.717, 1.165) is 0 Å². The van der Waals surface area contributed by atoms with Crippen LogP contribution in [0.1, 0.15) is 18.5 Å². The summed E-state index contributed by atoms with van der Waals surface area (Å²) < 4.78 is 54.0. The van der Waals surface area contributed by atoms with Crippen LogP contribution in [0.25, 0.3) is 11.0 Å². The van der Waals surface area contributed by atoms with Gasteiger partial charge in [-0.1, -0.05) is 17.7 Å². The second-order valence-electron chi connectivity index (χ2n) is 7.63. The fourth-order valence-electron chi connectivity index (χ4n) is 3.86. The van der Waals surface area contributed by atoms with Gasteiger partial charge in [0.15, 0.2) is 0 Å². The summed E-state index contributed by atoms with van der Waals surface area (Å²) in [6, 6.07) is 10.7. The monoisotopic (exact) mass is 480 g/mol. The molecule has 1 fully saturated rings. The van der Waals surface area contributed by atoms with Crippen LogP contribution in [0.5, 0.6) is 0 Å². The number of halogens is 2. The first-order chi connectivity index (χ1) is 15.2. The number of hydrogen-bond acceptors (Lipinski definition) is 6. The predicted octanol–water partition coefficient (Wildman–Crippen LogP) is 3.33. The molecule has 3 aromatic rings. The molecule has 0 amide bonds. The topological polar surface area (TPSA) is 88.9 Å². The smallest absolute Gasteiger partial charge is 0.336 e. The van der Waals surface area contributed by atoms with E-state index in [9.17, 15) is 17.6 Å². The molecule has 1 saturated heterocycles. The highest BCUT2D eigenvalue weighted by atomic mass is 35.5. The lowest BCUT2D eigenvalue weighted by Crippen LogP contribution is -2.46. The first kappa shape index (κ1) is 22.9. The Balaban J connectivity index is 1.63. The molecule has 0 radical (unpaired) electrons. The fraction of sp³-hybridized carbons (Fsp3) is 0.318. The van der Waals surface area contributed by atoms with E-state index in [4.69, 9.17) is 20.8 Å². The number of sulfonamides is 1. The van der Waals surface area contributed by atoms with Gasteiger partial charge in [-0.05, 0) is 43.3 Å². The lowest BCUT2D eigenvalue weighted by Gasteiger charge is -2.38. The molecule has 1 N–H and O–H groups in total. The first-order valence-corrected chi connectivity index (χ1v) is 11.9. The van der Waals surface area contributed by atoms with Gasteiger partial charge in [-0.15, -0.1) is 0 Å². The molecule has 7 nitrogen and oxygen atoms in total. The van der Waals surface area contributed by atoms with E-state index < -0.39 is 27.5 Å². The van der Waals surface area contributed by atoms with Crippen LogP contribution in [0.4, 0.5) is 4.39 Å². The third kappa shape index (κ3) is 4.87. The molecule has 0 bridgehead atoms. The zero-order valence-corrected chi connectivity index (χ0v) is 18.8. The fourth-order valence-corrected chi connectivity index (χ4v) is 5.22. The SMILES string of the molecule is CC1CN(C(CNS(=O)(=O)c2ccc3oc(=O)ccc3c2)c2c(F)cccc2Cl)CCO1. The molecule has 10 heteroatoms. The third-order valence-electron chi connectivity index (χ3n) is 5.41. The number of morpholine rings is 1. The maximum absolute atomic E-state index is 14.7. The molecular weight excluding hydrogens is 459 g/mol. The van der Waals surface area contributed by atoms with Crippen LogP contribution >= 0.6 is 11.6 Å². The Morgan fingerprint density at radius 2 is 2.06 bits per heavy atom. The highest BCUT2D eigenvalue weighted by Crippen LogP contribution is 2.31. The van der Waals surface area contributed by atoms with Gasteiger partial charge in [0.25, 0.3) is 0 Å². The number of nitrogens with one attached hydrogen (secondary N) is 1. The zero-order chi connectivity index (χ0) is 22.9. The quantitative estimate of drug-likeness (QED) is 0.544. The molecule has 1 aliphatic heterocycles. The van der Waals surface area contributed by atoms with E-state index in [1.165, 1.54) is 42.5 Å². The molecule has 1 aromatic heterocycles. The highest BCUT2D eigenvalue weighted by molar-refractivity contribution is 7.89. The van der Waals surface area contributed by atoms with E-state index >= 15 is 0 Å². The largest absolute Gasteiger partial charge is 0.423 e. The number of nitrogens with zero attached hydrogens (tertiary/aromatic N) is 1. The van der Waals surface area contributed by atoms with E-state index in [-0.39, 0.29) is 33.7 Å². The summed E-state index contributed by atoms with van der Waals surface area (Å²) in [5.41, 5.74) is 0.0107. The van der Waals surface area contributed by atoms with Crippen molar-refractivity contribution in [3.05, 3.63) is 75.4 Å². The molecule has 32 heavy (non-hydrogen) atoms. The average molecular weight is 481 g/mol. The van der Waals surface area contributed by atoms with Gasteiger partial charge in [0.1, 0.15) is 11.4 Å². The third-order valence-corrected chi connectivity index (χ3v) is 7.16. The van der Waals surface area contributed by atoms with Gasteiger partial charge in [0.05, 0.1) is 23.6 Å². The van der Waals surface area contributed by atoms with Gasteiger partial charge < -0.3 is 9.15 Å². The van der Waals surface area contributed by atoms with Crippen molar-refractivity contribution in [1.29, 1.82) is 0 Å². The van der Waals surface area contributed by atoms with Crippen molar-refractivity contribution in [1.82, 2.24) is 9.62 Å². The lowest BCUT2D eigenvalue weighted by molar-refractivity contribution is -0.0342. The van der Waals surface area contributed by atoms with Gasteiger partial charge in [-0.25, -0.2) is 22.3 Å². The number of fused-ring (bicyclic) bond motifs is 1. The maximum atomic E-state index is 14.7. The van der Waals surface area contributed by atoms with Gasteiger partial charge in [-0.2, -0.15) is 0 Å². The van der Waals surface area contributed by atoms with Crippen LogP contribution in [-0.4, -0.2) is 45.7 Å². The summed E-state index contributed by atoms with van der Waals surface area (Å²) in [4.78, 5) is 13.3. The molecule has 0 aliphatic carbocycles. The maximum Gasteiger partial charge on any atom is 0.336 e. The molecule has 2 unspecified atom stereocenters. The van der Waals surface area contributed by atoms with Crippen molar-refractivity contribution in [3.8, 4) is 0 Å². The van der Waals surface area contributed by atoms with E-state index in [1.807, 2.05) is 11.8 Å². The Hall–Kier alpha value is -2.30. The van der Waals surface area contributed by atoms with Crippen molar-refractivity contribution in [2.24, 2.45) is 0 Å². The molecule has 170 valence electrons. The van der Waals surface area contributed by atoms with Crippen molar-refractivity contribution >= 4 is 32.6 Å². The molecule has 4 rings (SSSR count). The van der Waals surface area contributed by atoms with Crippen LogP contribution in [0.3, 0.4) is 0 Å². The van der Waals surface area contributed by atoms with E-state index in [2.05, 4.69) is 4.72 Å². The van der Waals surface area contributed by atoms with Gasteiger partial charge in [-0.3, -0.25) is 4.90 Å². The van der Waals surface area contributed by atoms with Gasteiger partial charge in [0.2, 0.25) is 10.0 Å². The van der Waals surface area contributed by atoms with Crippen LogP contribution in [-0.2, 0) is 14.8 Å². The Morgan fingerprint density at radius 3 is 2.81 bits per heavy atom. The summed E-state index contributed by atoms with van der Waals surface area (Å²) in [6.07, 6.45) is -0.0800. The van der Waals surface area contributed by atoms with Crippen molar-refractivity contribution in [2.45, 2.75) is 24.0 Å². The van der Waals surface area contributed by atoms with Crippen molar-refractivity contribution in [2.75, 3.05) is 26.2 Å². The normalized spacial score (nSPS) is 18.7. The van der Waals surface area contributed by atoms with Crippen LogP contribution in [0.15, 0.2) is 62.6 Å². The minimum atomic E-state index is -3.94. The Kier molecular flexibility index (Phi) is 6.64. The molecule has 0 saturated carbocycles. The van der Waals surface area contributed by atoms with E-state index in [1.54, 1.807) is 6.07 Å². The van der Waals surface area contributed by atoms with Crippen LogP contribution in [0, 0.1) is 5.82 Å². The Bertz CT molecular complexity index is 1280. The minimum absolute atomic E-state index is 0.00701. The number of hydrogen-bond donors (Lipinski definition) is 1. The second-order valence-corrected chi connectivity index (χ2v) is 9.81. The summed E-state index contributed by atoms with van der Waals surface area (Å²) in [5, 5.41) is 0.706. The first-order valence-electron chi connectivity index (χ1n) is 10.1. The molecule has 2 heterocycles. The second kappa shape index (κ2) is 9.29. The van der Waals surface area contributed by atoms with Crippen molar-refractivity contribution in [3.63, 3.8) is 0 Å². The Morgan fingerprint density at radius 1 is 1.25 bits per heavy atom. The van der Waals surface area contributed by atoms with Crippen LogP contribution < -0.4 is 10.3 Å². The van der Waals surface area contributed by atoms with Gasteiger partial charge >= 0.3 is 5.63 Å². The molecular formula is C22H22ClFN2O5S. The molecule has 0 spiro atoms. The number of benzene rings is 2. The average Bonchev–Trinajstić information content (AvgIpc) is 2.75. The summed E-state index contributed by atoms with van der Waals surface area (Å²) in [5.74, 6) is -0.499. The molecule has 2 aromatic carbocycles. The van der Waals surface area contributed by atoms with E-state index in [0.29, 0.717) is 25.1 Å². The summed E-state index contributed by atoms with van der Waals surface area (Å²) in [7, 11) is -3.94. The number of rotatable bonds is 6. The molecule has 1 aliphatic rings. The summed E-state index contributed by atoms with van der Waals surface area (Å²) >= 11 is 6.31. The van der Waals surface area contributed by atoms with Crippen LogP contribution in [0.2, 0.25) is 5.02 Å².